The second-order valence-electron chi connectivity index (χ2n) is 4.78. The summed E-state index contributed by atoms with van der Waals surface area (Å²) >= 11 is 0. The molecule has 0 saturated heterocycles. The van der Waals surface area contributed by atoms with Crippen LogP contribution in [0.1, 0.15) is 25.8 Å². The molecule has 1 aromatic rings. The molecule has 0 spiro atoms. The van der Waals surface area contributed by atoms with E-state index in [9.17, 15) is 9.90 Å². The Kier molecular flexibility index (Phi) is 6.53. The largest absolute Gasteiger partial charge is 0.480 e. The molecule has 19 heavy (non-hydrogen) atoms. The lowest BCUT2D eigenvalue weighted by Gasteiger charge is -2.26. The summed E-state index contributed by atoms with van der Waals surface area (Å²) in [7, 11) is 0. The summed E-state index contributed by atoms with van der Waals surface area (Å²) in [6.45, 7) is 5.66. The molecule has 0 fully saturated rings. The van der Waals surface area contributed by atoms with Crippen molar-refractivity contribution in [2.24, 2.45) is 0 Å². The van der Waals surface area contributed by atoms with E-state index in [2.05, 4.69) is 5.32 Å². The molecule has 1 rings (SSSR count). The molecule has 0 heterocycles. The lowest BCUT2D eigenvalue weighted by molar-refractivity contribution is -0.144. The standard InChI is InChI=1S/C15H23NO3/c1-3-19-11-7-10-16-15(2,14(17)18)12-13-8-5-4-6-9-13/h4-6,8-9,16H,3,7,10-12H2,1-2H3,(H,17,18). The predicted molar refractivity (Wildman–Crippen MR) is 75.3 cm³/mol. The fourth-order valence-electron chi connectivity index (χ4n) is 1.90. The third-order valence-electron chi connectivity index (χ3n) is 3.06. The molecule has 2 N–H and O–H groups in total. The van der Waals surface area contributed by atoms with Crippen LogP contribution in [-0.4, -0.2) is 36.4 Å². The molecular weight excluding hydrogens is 242 g/mol. The highest BCUT2D eigenvalue weighted by Gasteiger charge is 2.32. The first kappa shape index (κ1) is 15.7. The highest BCUT2D eigenvalue weighted by molar-refractivity contribution is 5.78. The van der Waals surface area contributed by atoms with Gasteiger partial charge in [-0.1, -0.05) is 30.3 Å². The molecule has 106 valence electrons. The normalized spacial score (nSPS) is 14.0. The second kappa shape index (κ2) is 7.92. The van der Waals surface area contributed by atoms with E-state index in [1.807, 2.05) is 37.3 Å². The van der Waals surface area contributed by atoms with Crippen LogP contribution in [0.4, 0.5) is 0 Å². The molecule has 0 saturated carbocycles. The summed E-state index contributed by atoms with van der Waals surface area (Å²) in [4.78, 5) is 11.5. The Hall–Kier alpha value is -1.39. The number of nitrogens with one attached hydrogen (secondary N) is 1. The van der Waals surface area contributed by atoms with E-state index in [1.54, 1.807) is 6.92 Å². The molecule has 1 atom stereocenters. The van der Waals surface area contributed by atoms with Crippen molar-refractivity contribution in [2.75, 3.05) is 19.8 Å². The van der Waals surface area contributed by atoms with Gasteiger partial charge in [-0.25, -0.2) is 0 Å². The Labute approximate surface area is 114 Å². The molecule has 0 aromatic heterocycles. The molecule has 0 aliphatic carbocycles. The number of carboxylic acid groups (broad SMARTS) is 1. The SMILES string of the molecule is CCOCCCNC(C)(Cc1ccccc1)C(=O)O. The van der Waals surface area contributed by atoms with Crippen molar-refractivity contribution in [3.63, 3.8) is 0 Å². The first-order chi connectivity index (χ1) is 9.08. The number of rotatable bonds is 9. The molecule has 0 amide bonds. The third-order valence-corrected chi connectivity index (χ3v) is 3.06. The molecule has 0 aliphatic heterocycles. The number of benzene rings is 1. The van der Waals surface area contributed by atoms with Crippen LogP contribution in [0.2, 0.25) is 0 Å². The van der Waals surface area contributed by atoms with Crippen LogP contribution < -0.4 is 5.32 Å². The van der Waals surface area contributed by atoms with Crippen LogP contribution in [0.5, 0.6) is 0 Å². The number of ether oxygens (including phenoxy) is 1. The minimum Gasteiger partial charge on any atom is -0.480 e. The Morgan fingerprint density at radius 3 is 2.63 bits per heavy atom. The van der Waals surface area contributed by atoms with Gasteiger partial charge in [0.1, 0.15) is 5.54 Å². The molecule has 4 nitrogen and oxygen atoms in total. The fourth-order valence-corrected chi connectivity index (χ4v) is 1.90. The van der Waals surface area contributed by atoms with E-state index < -0.39 is 11.5 Å². The zero-order chi connectivity index (χ0) is 14.1. The zero-order valence-electron chi connectivity index (χ0n) is 11.7. The number of aliphatic carboxylic acids is 1. The highest BCUT2D eigenvalue weighted by Crippen LogP contribution is 2.13. The van der Waals surface area contributed by atoms with Crippen molar-refractivity contribution in [1.29, 1.82) is 0 Å². The lowest BCUT2D eigenvalue weighted by atomic mass is 9.93. The van der Waals surface area contributed by atoms with Gasteiger partial charge in [0.15, 0.2) is 0 Å². The molecular formula is C15H23NO3. The monoisotopic (exact) mass is 265 g/mol. The first-order valence-corrected chi connectivity index (χ1v) is 6.68. The van der Waals surface area contributed by atoms with Crippen LogP contribution in [-0.2, 0) is 16.0 Å². The van der Waals surface area contributed by atoms with Crippen molar-refractivity contribution in [2.45, 2.75) is 32.2 Å². The molecule has 0 aliphatic rings. The van der Waals surface area contributed by atoms with E-state index in [0.29, 0.717) is 26.2 Å². The number of hydrogen-bond donors (Lipinski definition) is 2. The smallest absolute Gasteiger partial charge is 0.323 e. The van der Waals surface area contributed by atoms with Gasteiger partial charge in [0.25, 0.3) is 0 Å². The van der Waals surface area contributed by atoms with Crippen molar-refractivity contribution in [3.8, 4) is 0 Å². The molecule has 4 heteroatoms. The number of carboxylic acids is 1. The van der Waals surface area contributed by atoms with Crippen LogP contribution in [0.25, 0.3) is 0 Å². The summed E-state index contributed by atoms with van der Waals surface area (Å²) in [5.74, 6) is -0.826. The van der Waals surface area contributed by atoms with Crippen molar-refractivity contribution < 1.29 is 14.6 Å². The maximum Gasteiger partial charge on any atom is 0.323 e. The average Bonchev–Trinajstić information content (AvgIpc) is 2.39. The average molecular weight is 265 g/mol. The summed E-state index contributed by atoms with van der Waals surface area (Å²) in [6.07, 6.45) is 1.28. The summed E-state index contributed by atoms with van der Waals surface area (Å²) in [5, 5.41) is 12.5. The predicted octanol–water partition coefficient (Wildman–Crippen LogP) is 2.09. The van der Waals surface area contributed by atoms with E-state index in [-0.39, 0.29) is 0 Å². The van der Waals surface area contributed by atoms with Crippen molar-refractivity contribution >= 4 is 5.97 Å². The third kappa shape index (κ3) is 5.41. The molecule has 0 radical (unpaired) electrons. The van der Waals surface area contributed by atoms with Gasteiger partial charge in [-0.3, -0.25) is 4.79 Å². The second-order valence-corrected chi connectivity index (χ2v) is 4.78. The van der Waals surface area contributed by atoms with E-state index in [0.717, 1.165) is 12.0 Å². The van der Waals surface area contributed by atoms with Gasteiger partial charge >= 0.3 is 5.97 Å². The summed E-state index contributed by atoms with van der Waals surface area (Å²) in [6, 6.07) is 9.67. The Balaban J connectivity index is 2.52. The number of carbonyl (C=O) groups is 1. The maximum absolute atomic E-state index is 11.5. The van der Waals surface area contributed by atoms with Crippen LogP contribution in [0.3, 0.4) is 0 Å². The molecule has 1 aromatic carbocycles. The fraction of sp³-hybridized carbons (Fsp3) is 0.533. The molecule has 1 unspecified atom stereocenters. The summed E-state index contributed by atoms with van der Waals surface area (Å²) < 4.78 is 5.24. The van der Waals surface area contributed by atoms with Gasteiger partial charge in [0.05, 0.1) is 0 Å². The quantitative estimate of drug-likeness (QED) is 0.671. The van der Waals surface area contributed by atoms with Crippen LogP contribution in [0.15, 0.2) is 30.3 Å². The van der Waals surface area contributed by atoms with Crippen molar-refractivity contribution in [1.82, 2.24) is 5.32 Å². The van der Waals surface area contributed by atoms with Gasteiger partial charge in [-0.15, -0.1) is 0 Å². The zero-order valence-corrected chi connectivity index (χ0v) is 11.7. The topological polar surface area (TPSA) is 58.6 Å². The Bertz CT molecular complexity index is 380. The molecule has 0 bridgehead atoms. The highest BCUT2D eigenvalue weighted by atomic mass is 16.5. The van der Waals surface area contributed by atoms with E-state index >= 15 is 0 Å². The Morgan fingerprint density at radius 1 is 1.37 bits per heavy atom. The maximum atomic E-state index is 11.5. The van der Waals surface area contributed by atoms with Gasteiger partial charge in [0.2, 0.25) is 0 Å². The minimum atomic E-state index is -0.937. The van der Waals surface area contributed by atoms with Gasteiger partial charge in [-0.2, -0.15) is 0 Å². The van der Waals surface area contributed by atoms with Crippen LogP contribution in [0, 0.1) is 0 Å². The van der Waals surface area contributed by atoms with Crippen LogP contribution >= 0.6 is 0 Å². The lowest BCUT2D eigenvalue weighted by Crippen LogP contribution is -2.51. The Morgan fingerprint density at radius 2 is 2.05 bits per heavy atom. The summed E-state index contributed by atoms with van der Waals surface area (Å²) in [5.41, 5.74) is 0.0813. The van der Waals surface area contributed by atoms with Gasteiger partial charge in [0, 0.05) is 19.6 Å². The van der Waals surface area contributed by atoms with Gasteiger partial charge < -0.3 is 15.2 Å². The minimum absolute atomic E-state index is 0.470. The number of hydrogen-bond acceptors (Lipinski definition) is 3. The van der Waals surface area contributed by atoms with Gasteiger partial charge in [-0.05, 0) is 32.4 Å². The first-order valence-electron chi connectivity index (χ1n) is 6.68. The van der Waals surface area contributed by atoms with E-state index in [4.69, 9.17) is 4.74 Å². The van der Waals surface area contributed by atoms with Crippen molar-refractivity contribution in [3.05, 3.63) is 35.9 Å². The van der Waals surface area contributed by atoms with E-state index in [1.165, 1.54) is 0 Å².